The Kier molecular flexibility index (Phi) is 5.84. The van der Waals surface area contributed by atoms with Gasteiger partial charge in [-0.05, 0) is 66.8 Å². The number of hydrogen-bond acceptors (Lipinski definition) is 3. The number of aryl methyl sites for hydroxylation is 1. The summed E-state index contributed by atoms with van der Waals surface area (Å²) >= 11 is 9.48. The molecule has 0 bridgehead atoms. The largest absolute Gasteiger partial charge is 0.365 e. The molecule has 1 fully saturated rings. The first-order valence-corrected chi connectivity index (χ1v) is 10.6. The van der Waals surface area contributed by atoms with Crippen LogP contribution in [-0.4, -0.2) is 11.7 Å². The number of halogens is 2. The molecule has 0 amide bonds. The molecule has 0 spiro atoms. The van der Waals surface area contributed by atoms with Gasteiger partial charge < -0.3 is 4.84 Å². The number of oxime groups is 1. The fourth-order valence-corrected chi connectivity index (χ4v) is 3.75. The fourth-order valence-electron chi connectivity index (χ4n) is 3.36. The molecule has 0 unspecified atom stereocenters. The van der Waals surface area contributed by atoms with Crippen LogP contribution in [0.1, 0.15) is 39.4 Å². The Hall–Kier alpha value is -2.43. The van der Waals surface area contributed by atoms with Gasteiger partial charge in [-0.2, -0.15) is 0 Å². The minimum absolute atomic E-state index is 0.197. The van der Waals surface area contributed by atoms with Gasteiger partial charge in [0.05, 0.1) is 11.3 Å². The first kappa shape index (κ1) is 19.9. The molecule has 1 saturated carbocycles. The molecule has 3 nitrogen and oxygen atoms in total. The Morgan fingerprint density at radius 3 is 2.24 bits per heavy atom. The third kappa shape index (κ3) is 4.77. The van der Waals surface area contributed by atoms with Crippen LogP contribution in [0.3, 0.4) is 0 Å². The number of hydrogen-bond donors (Lipinski definition) is 0. The molecule has 29 heavy (non-hydrogen) atoms. The van der Waals surface area contributed by atoms with Crippen LogP contribution in [0.5, 0.6) is 0 Å². The van der Waals surface area contributed by atoms with E-state index in [0.717, 1.165) is 32.8 Å². The summed E-state index contributed by atoms with van der Waals surface area (Å²) in [5.74, 6) is 0.0826. The molecule has 0 N–H and O–H groups in total. The van der Waals surface area contributed by atoms with E-state index in [4.69, 9.17) is 16.4 Å². The molecule has 0 heterocycles. The van der Waals surface area contributed by atoms with Gasteiger partial charge in [-0.15, -0.1) is 0 Å². The molecule has 3 aromatic carbocycles. The van der Waals surface area contributed by atoms with Crippen LogP contribution in [-0.2, 0) is 4.84 Å². The lowest BCUT2D eigenvalue weighted by atomic mass is 10.0. The van der Waals surface area contributed by atoms with Crippen molar-refractivity contribution in [2.24, 2.45) is 11.1 Å². The maximum atomic E-state index is 12.4. The van der Waals surface area contributed by atoms with E-state index in [-0.39, 0.29) is 5.92 Å². The van der Waals surface area contributed by atoms with Gasteiger partial charge in [0.15, 0.2) is 0 Å². The molecule has 0 aromatic heterocycles. The number of nitrogens with zero attached hydrogens (tertiary/aromatic N) is 1. The average Bonchev–Trinajstić information content (AvgIpc) is 3.51. The number of benzene rings is 3. The van der Waals surface area contributed by atoms with E-state index in [9.17, 15) is 4.79 Å². The van der Waals surface area contributed by atoms with Crippen molar-refractivity contribution in [3.8, 4) is 0 Å². The Bertz CT molecular complexity index is 1040. The highest BCUT2D eigenvalue weighted by atomic mass is 79.9. The molecule has 5 heteroatoms. The van der Waals surface area contributed by atoms with Crippen LogP contribution in [0, 0.1) is 12.8 Å². The lowest BCUT2D eigenvalue weighted by molar-refractivity contribution is 0.0515. The van der Waals surface area contributed by atoms with Gasteiger partial charge in [0.2, 0.25) is 0 Å². The SMILES string of the molecule is Cc1ccc(C(=O)O/N=C(/c2ccc(Br)cc2)[C@@H]2C[C@@H]2c2ccc(Cl)cc2)cc1. The highest BCUT2D eigenvalue weighted by molar-refractivity contribution is 9.10. The van der Waals surface area contributed by atoms with E-state index in [0.29, 0.717) is 11.5 Å². The van der Waals surface area contributed by atoms with Crippen LogP contribution >= 0.6 is 27.5 Å². The van der Waals surface area contributed by atoms with Gasteiger partial charge >= 0.3 is 5.97 Å². The van der Waals surface area contributed by atoms with Crippen LogP contribution in [0.15, 0.2) is 82.4 Å². The van der Waals surface area contributed by atoms with Crippen molar-refractivity contribution in [3.63, 3.8) is 0 Å². The smallest absolute Gasteiger partial charge is 0.313 e. The van der Waals surface area contributed by atoms with Gasteiger partial charge in [-0.25, -0.2) is 4.79 Å². The molecule has 0 aliphatic heterocycles. The zero-order valence-electron chi connectivity index (χ0n) is 15.8. The number of rotatable bonds is 5. The van der Waals surface area contributed by atoms with Gasteiger partial charge in [0.25, 0.3) is 0 Å². The highest BCUT2D eigenvalue weighted by Crippen LogP contribution is 2.49. The predicted molar refractivity (Wildman–Crippen MR) is 120 cm³/mol. The lowest BCUT2D eigenvalue weighted by Crippen LogP contribution is -2.09. The Labute approximate surface area is 183 Å². The first-order chi connectivity index (χ1) is 14.0. The summed E-state index contributed by atoms with van der Waals surface area (Å²) in [6.45, 7) is 1.98. The molecule has 1 aliphatic rings. The normalized spacial score (nSPS) is 18.4. The first-order valence-electron chi connectivity index (χ1n) is 9.38. The van der Waals surface area contributed by atoms with Crippen LogP contribution in [0.2, 0.25) is 5.02 Å². The van der Waals surface area contributed by atoms with Crippen molar-refractivity contribution in [2.75, 3.05) is 0 Å². The molecule has 146 valence electrons. The third-order valence-corrected chi connectivity index (χ3v) is 5.87. The number of carbonyl (C=O) groups excluding carboxylic acids is 1. The average molecular weight is 469 g/mol. The molecule has 2 atom stereocenters. The van der Waals surface area contributed by atoms with E-state index in [1.807, 2.05) is 67.6 Å². The minimum atomic E-state index is -0.455. The van der Waals surface area contributed by atoms with Crippen molar-refractivity contribution < 1.29 is 9.63 Å². The quantitative estimate of drug-likeness (QED) is 0.235. The summed E-state index contributed by atoms with van der Waals surface area (Å²) in [6.07, 6.45) is 0.957. The molecule has 4 rings (SSSR count). The topological polar surface area (TPSA) is 38.7 Å². The van der Waals surface area contributed by atoms with Crippen molar-refractivity contribution in [3.05, 3.63) is 105 Å². The van der Waals surface area contributed by atoms with Gasteiger partial charge in [-0.3, -0.25) is 0 Å². The van der Waals surface area contributed by atoms with Crippen molar-refractivity contribution in [1.29, 1.82) is 0 Å². The van der Waals surface area contributed by atoms with Gasteiger partial charge in [-0.1, -0.05) is 74.6 Å². The highest BCUT2D eigenvalue weighted by Gasteiger charge is 2.43. The number of carbonyl (C=O) groups is 1. The lowest BCUT2D eigenvalue weighted by Gasteiger charge is -2.07. The van der Waals surface area contributed by atoms with Crippen LogP contribution in [0.25, 0.3) is 0 Å². The van der Waals surface area contributed by atoms with E-state index in [2.05, 4.69) is 21.1 Å². The second kappa shape index (κ2) is 8.52. The van der Waals surface area contributed by atoms with Crippen molar-refractivity contribution >= 4 is 39.2 Å². The third-order valence-electron chi connectivity index (χ3n) is 5.09. The summed E-state index contributed by atoms with van der Waals surface area (Å²) in [6, 6.07) is 23.1. The molecular formula is C24H19BrClNO2. The Balaban J connectivity index is 1.58. The summed E-state index contributed by atoms with van der Waals surface area (Å²) in [5, 5.41) is 5.03. The Morgan fingerprint density at radius 2 is 1.59 bits per heavy atom. The van der Waals surface area contributed by atoms with Crippen molar-refractivity contribution in [1.82, 2.24) is 0 Å². The summed E-state index contributed by atoms with van der Waals surface area (Å²) in [7, 11) is 0. The summed E-state index contributed by atoms with van der Waals surface area (Å²) < 4.78 is 0.988. The Morgan fingerprint density at radius 1 is 0.966 bits per heavy atom. The minimum Gasteiger partial charge on any atom is -0.313 e. The van der Waals surface area contributed by atoms with E-state index >= 15 is 0 Å². The predicted octanol–water partition coefficient (Wildman–Crippen LogP) is 6.78. The maximum absolute atomic E-state index is 12.4. The zero-order valence-corrected chi connectivity index (χ0v) is 18.2. The monoisotopic (exact) mass is 467 g/mol. The van der Waals surface area contributed by atoms with Crippen LogP contribution in [0.4, 0.5) is 0 Å². The van der Waals surface area contributed by atoms with E-state index in [1.54, 1.807) is 12.1 Å². The molecule has 0 saturated heterocycles. The van der Waals surface area contributed by atoms with E-state index < -0.39 is 5.97 Å². The van der Waals surface area contributed by atoms with E-state index in [1.165, 1.54) is 5.56 Å². The fraction of sp³-hybridized carbons (Fsp3) is 0.167. The summed E-state index contributed by atoms with van der Waals surface area (Å²) in [5.41, 5.74) is 4.53. The second-order valence-corrected chi connectivity index (χ2v) is 8.58. The van der Waals surface area contributed by atoms with Crippen molar-refractivity contribution in [2.45, 2.75) is 19.3 Å². The standard InChI is InChI=1S/C24H19BrClNO2/c1-15-2-4-18(5-3-15)24(28)29-27-23(17-6-10-19(25)11-7-17)22-14-21(22)16-8-12-20(26)13-9-16/h2-13,21-22H,14H2,1H3/b27-23-/t21-,22-/m1/s1. The summed E-state index contributed by atoms with van der Waals surface area (Å²) in [4.78, 5) is 17.8. The second-order valence-electron chi connectivity index (χ2n) is 7.23. The van der Waals surface area contributed by atoms with Gasteiger partial charge in [0.1, 0.15) is 0 Å². The van der Waals surface area contributed by atoms with Gasteiger partial charge in [0, 0.05) is 15.4 Å². The molecule has 0 radical (unpaired) electrons. The van der Waals surface area contributed by atoms with Crippen LogP contribution < -0.4 is 0 Å². The molecule has 3 aromatic rings. The zero-order chi connectivity index (χ0) is 20.4. The molecular weight excluding hydrogens is 450 g/mol. The molecule has 1 aliphatic carbocycles. The maximum Gasteiger partial charge on any atom is 0.365 e.